The molecule has 2 N–H and O–H groups in total. The summed E-state index contributed by atoms with van der Waals surface area (Å²) in [5.41, 5.74) is 4.69. The molecule has 8 nitrogen and oxygen atoms in total. The molecule has 0 aliphatic rings. The van der Waals surface area contributed by atoms with Gasteiger partial charge in [-0.2, -0.15) is 5.21 Å². The van der Waals surface area contributed by atoms with Gasteiger partial charge in [-0.25, -0.2) is 4.79 Å². The number of nitrogens with zero attached hydrogens (tertiary/aromatic N) is 4. The number of tetrazole rings is 1. The molecule has 0 saturated heterocycles. The molecule has 4 rings (SSSR count). The smallest absolute Gasteiger partial charge is 0.335 e. The molecule has 0 atom stereocenters. The van der Waals surface area contributed by atoms with Crippen molar-refractivity contribution in [2.45, 2.75) is 32.7 Å². The molecule has 0 bridgehead atoms. The molecule has 34 heavy (non-hydrogen) atoms. The number of aromatic amines is 1. The van der Waals surface area contributed by atoms with Crippen LogP contribution in [0.15, 0.2) is 72.8 Å². The van der Waals surface area contributed by atoms with Crippen LogP contribution in [0.5, 0.6) is 0 Å². The number of nitrogens with one attached hydrogen (secondary N) is 1. The van der Waals surface area contributed by atoms with Crippen molar-refractivity contribution in [3.63, 3.8) is 0 Å². The van der Waals surface area contributed by atoms with Crippen LogP contribution in [-0.2, 0) is 11.3 Å². The molecule has 1 amide bonds. The van der Waals surface area contributed by atoms with Gasteiger partial charge in [-0.15, -0.1) is 10.2 Å². The first kappa shape index (κ1) is 22.8. The number of carbonyl (C=O) groups is 2. The molecule has 8 heteroatoms. The lowest BCUT2D eigenvalue weighted by atomic mass is 9.98. The first-order valence-electron chi connectivity index (χ1n) is 11.1. The van der Waals surface area contributed by atoms with E-state index in [1.165, 1.54) is 12.1 Å². The van der Waals surface area contributed by atoms with E-state index >= 15 is 0 Å². The van der Waals surface area contributed by atoms with Crippen LogP contribution in [0, 0.1) is 0 Å². The molecule has 0 aliphatic heterocycles. The molecule has 0 spiro atoms. The molecule has 0 saturated carbocycles. The maximum Gasteiger partial charge on any atom is 0.335 e. The van der Waals surface area contributed by atoms with Crippen molar-refractivity contribution in [2.75, 3.05) is 4.90 Å². The van der Waals surface area contributed by atoms with Gasteiger partial charge in [-0.3, -0.25) is 4.79 Å². The van der Waals surface area contributed by atoms with Crippen LogP contribution in [-0.4, -0.2) is 37.6 Å². The Hall–Kier alpha value is -4.33. The predicted molar refractivity (Wildman–Crippen MR) is 129 cm³/mol. The Labute approximate surface area is 197 Å². The van der Waals surface area contributed by atoms with Gasteiger partial charge in [0, 0.05) is 17.7 Å². The second-order valence-corrected chi connectivity index (χ2v) is 7.91. The highest BCUT2D eigenvalue weighted by Crippen LogP contribution is 2.30. The Morgan fingerprint density at radius 2 is 1.65 bits per heavy atom. The Balaban J connectivity index is 1.59. The zero-order chi connectivity index (χ0) is 23.9. The molecule has 0 fully saturated rings. The number of carbonyl (C=O) groups excluding carboxylic acids is 1. The minimum Gasteiger partial charge on any atom is -0.478 e. The van der Waals surface area contributed by atoms with Gasteiger partial charge in [0.15, 0.2) is 0 Å². The highest BCUT2D eigenvalue weighted by atomic mass is 16.4. The summed E-state index contributed by atoms with van der Waals surface area (Å²) in [6.07, 6.45) is 2.16. The van der Waals surface area contributed by atoms with Crippen molar-refractivity contribution in [3.8, 4) is 22.5 Å². The summed E-state index contributed by atoms with van der Waals surface area (Å²) in [5, 5.41) is 23.5. The Kier molecular flexibility index (Phi) is 7.07. The van der Waals surface area contributed by atoms with Gasteiger partial charge in [0.25, 0.3) is 0 Å². The lowest BCUT2D eigenvalue weighted by Gasteiger charge is -2.23. The number of carboxylic acid groups (broad SMARTS) is 1. The van der Waals surface area contributed by atoms with Gasteiger partial charge in [0.2, 0.25) is 11.7 Å². The SMILES string of the molecule is CCCCC(=O)N(Cc1ccc(-c2ccccc2-c2nn[nH]n2)cc1)c1ccc(C(=O)O)cc1. The summed E-state index contributed by atoms with van der Waals surface area (Å²) < 4.78 is 0. The van der Waals surface area contributed by atoms with E-state index in [2.05, 4.69) is 20.6 Å². The quantitative estimate of drug-likeness (QED) is 0.369. The third-order valence-electron chi connectivity index (χ3n) is 5.59. The number of carboxylic acids is 1. The van der Waals surface area contributed by atoms with E-state index in [4.69, 9.17) is 0 Å². The molecule has 3 aromatic carbocycles. The molecule has 1 aromatic heterocycles. The minimum atomic E-state index is -0.993. The van der Waals surface area contributed by atoms with Crippen LogP contribution in [0.25, 0.3) is 22.5 Å². The second kappa shape index (κ2) is 10.5. The largest absolute Gasteiger partial charge is 0.478 e. The number of unbranched alkanes of at least 4 members (excludes halogenated alkanes) is 1. The Bertz CT molecular complexity index is 1250. The molecule has 172 valence electrons. The van der Waals surface area contributed by atoms with Gasteiger partial charge in [-0.05, 0) is 52.6 Å². The number of rotatable bonds is 9. The maximum atomic E-state index is 13.0. The lowest BCUT2D eigenvalue weighted by molar-refractivity contribution is -0.118. The van der Waals surface area contributed by atoms with E-state index in [0.717, 1.165) is 35.1 Å². The summed E-state index contributed by atoms with van der Waals surface area (Å²) >= 11 is 0. The number of aromatic nitrogens is 4. The van der Waals surface area contributed by atoms with E-state index in [1.807, 2.05) is 55.5 Å². The number of H-pyrrole nitrogens is 1. The van der Waals surface area contributed by atoms with Gasteiger partial charge in [0.05, 0.1) is 12.1 Å². The van der Waals surface area contributed by atoms with E-state index in [9.17, 15) is 14.7 Å². The maximum absolute atomic E-state index is 13.0. The molecule has 0 unspecified atom stereocenters. The van der Waals surface area contributed by atoms with Crippen LogP contribution in [0.2, 0.25) is 0 Å². The van der Waals surface area contributed by atoms with E-state index < -0.39 is 5.97 Å². The molecular formula is C26H25N5O3. The van der Waals surface area contributed by atoms with Crippen molar-refractivity contribution in [2.24, 2.45) is 0 Å². The fourth-order valence-electron chi connectivity index (χ4n) is 3.75. The van der Waals surface area contributed by atoms with Crippen molar-refractivity contribution < 1.29 is 14.7 Å². The Morgan fingerprint density at radius 3 is 2.26 bits per heavy atom. The molecule has 1 heterocycles. The standard InChI is InChI=1S/C26H25N5O3/c1-2-3-8-24(32)31(21-15-13-20(14-16-21)26(33)34)17-18-9-11-19(12-10-18)22-6-4-5-7-23(22)25-27-29-30-28-25/h4-7,9-16H,2-3,8,17H2,1H3,(H,33,34)(H,27,28,29,30). The van der Waals surface area contributed by atoms with Gasteiger partial charge in [-0.1, -0.05) is 61.9 Å². The normalized spacial score (nSPS) is 10.7. The molecule has 0 radical (unpaired) electrons. The van der Waals surface area contributed by atoms with Crippen LogP contribution in [0.4, 0.5) is 5.69 Å². The third kappa shape index (κ3) is 5.17. The van der Waals surface area contributed by atoms with Gasteiger partial charge < -0.3 is 10.0 Å². The number of hydrogen-bond donors (Lipinski definition) is 2. The first-order chi connectivity index (χ1) is 16.6. The molecule has 0 aliphatic carbocycles. The number of aromatic carboxylic acids is 1. The second-order valence-electron chi connectivity index (χ2n) is 7.91. The zero-order valence-electron chi connectivity index (χ0n) is 18.8. The summed E-state index contributed by atoms with van der Waals surface area (Å²) in [5.74, 6) is -0.458. The average Bonchev–Trinajstić information content (AvgIpc) is 3.41. The van der Waals surface area contributed by atoms with E-state index in [1.54, 1.807) is 17.0 Å². The van der Waals surface area contributed by atoms with Gasteiger partial charge in [0.1, 0.15) is 0 Å². The van der Waals surface area contributed by atoms with Crippen molar-refractivity contribution in [1.29, 1.82) is 0 Å². The van der Waals surface area contributed by atoms with Crippen LogP contribution in [0.3, 0.4) is 0 Å². The minimum absolute atomic E-state index is 0.0106. The average molecular weight is 456 g/mol. The highest BCUT2D eigenvalue weighted by molar-refractivity contribution is 5.94. The van der Waals surface area contributed by atoms with Crippen LogP contribution >= 0.6 is 0 Å². The topological polar surface area (TPSA) is 112 Å². The number of amides is 1. The van der Waals surface area contributed by atoms with Crippen molar-refractivity contribution in [3.05, 3.63) is 83.9 Å². The monoisotopic (exact) mass is 455 g/mol. The fraction of sp³-hybridized carbons (Fsp3) is 0.192. The summed E-state index contributed by atoms with van der Waals surface area (Å²) in [6.45, 7) is 2.44. The highest BCUT2D eigenvalue weighted by Gasteiger charge is 2.17. The third-order valence-corrected chi connectivity index (χ3v) is 5.59. The summed E-state index contributed by atoms with van der Waals surface area (Å²) in [6, 6.07) is 22.3. The number of anilines is 1. The van der Waals surface area contributed by atoms with E-state index in [-0.39, 0.29) is 11.5 Å². The Morgan fingerprint density at radius 1 is 0.941 bits per heavy atom. The van der Waals surface area contributed by atoms with E-state index in [0.29, 0.717) is 24.5 Å². The fourth-order valence-corrected chi connectivity index (χ4v) is 3.75. The zero-order valence-corrected chi connectivity index (χ0v) is 18.8. The molecule has 4 aromatic rings. The van der Waals surface area contributed by atoms with Gasteiger partial charge >= 0.3 is 5.97 Å². The van der Waals surface area contributed by atoms with Crippen molar-refractivity contribution >= 4 is 17.6 Å². The van der Waals surface area contributed by atoms with Crippen LogP contribution in [0.1, 0.15) is 42.1 Å². The predicted octanol–water partition coefficient (Wildman–Crippen LogP) is 4.96. The first-order valence-corrected chi connectivity index (χ1v) is 11.1. The number of hydrogen-bond acceptors (Lipinski definition) is 5. The van der Waals surface area contributed by atoms with Crippen LogP contribution < -0.4 is 4.90 Å². The summed E-state index contributed by atoms with van der Waals surface area (Å²) in [7, 11) is 0. The molecular weight excluding hydrogens is 430 g/mol. The lowest BCUT2D eigenvalue weighted by Crippen LogP contribution is -2.30. The summed E-state index contributed by atoms with van der Waals surface area (Å²) in [4.78, 5) is 25.9. The van der Waals surface area contributed by atoms with Crippen molar-refractivity contribution in [1.82, 2.24) is 20.6 Å². The number of benzene rings is 3.